The standard InChI is InChI=1S/C18H14N4O4/c23-16(8-13-12-4-1-2-5-14(12)25-20-13)22-9-11(10-22)18-19-17(21-26-18)15-6-3-7-24-15/h1-7,11H,8-10H2. The van der Waals surface area contributed by atoms with E-state index in [4.69, 9.17) is 13.5 Å². The normalized spacial score (nSPS) is 14.7. The van der Waals surface area contributed by atoms with Gasteiger partial charge in [0.1, 0.15) is 5.69 Å². The molecule has 0 N–H and O–H groups in total. The molecule has 8 heteroatoms. The number of para-hydroxylation sites is 1. The number of hydrogen-bond donors (Lipinski definition) is 0. The summed E-state index contributed by atoms with van der Waals surface area (Å²) in [6.07, 6.45) is 1.77. The van der Waals surface area contributed by atoms with Gasteiger partial charge in [0.15, 0.2) is 11.3 Å². The van der Waals surface area contributed by atoms with Gasteiger partial charge in [0.2, 0.25) is 17.6 Å². The molecule has 1 aliphatic heterocycles. The van der Waals surface area contributed by atoms with Crippen molar-refractivity contribution < 1.29 is 18.3 Å². The van der Waals surface area contributed by atoms with Gasteiger partial charge in [0.25, 0.3) is 0 Å². The highest BCUT2D eigenvalue weighted by atomic mass is 16.5. The van der Waals surface area contributed by atoms with E-state index >= 15 is 0 Å². The van der Waals surface area contributed by atoms with Crippen molar-refractivity contribution in [3.63, 3.8) is 0 Å². The molecule has 0 bridgehead atoms. The number of fused-ring (bicyclic) bond motifs is 1. The topological polar surface area (TPSA) is 98.4 Å². The van der Waals surface area contributed by atoms with Crippen LogP contribution >= 0.6 is 0 Å². The van der Waals surface area contributed by atoms with Gasteiger partial charge in [0, 0.05) is 18.5 Å². The fourth-order valence-corrected chi connectivity index (χ4v) is 3.07. The zero-order valence-corrected chi connectivity index (χ0v) is 13.7. The fourth-order valence-electron chi connectivity index (χ4n) is 3.07. The van der Waals surface area contributed by atoms with E-state index in [9.17, 15) is 4.79 Å². The lowest BCUT2D eigenvalue weighted by Crippen LogP contribution is -2.49. The molecule has 130 valence electrons. The van der Waals surface area contributed by atoms with E-state index in [0.717, 1.165) is 5.39 Å². The SMILES string of the molecule is O=C(Cc1noc2ccccc12)N1CC(c2nc(-c3ccco3)no2)C1. The minimum absolute atomic E-state index is 0.00563. The lowest BCUT2D eigenvalue weighted by Gasteiger charge is -2.37. The second-order valence-corrected chi connectivity index (χ2v) is 6.23. The zero-order valence-electron chi connectivity index (χ0n) is 13.7. The molecule has 1 aliphatic rings. The Morgan fingerprint density at radius 2 is 2.00 bits per heavy atom. The van der Waals surface area contributed by atoms with Crippen LogP contribution in [0.2, 0.25) is 0 Å². The Morgan fingerprint density at radius 3 is 2.85 bits per heavy atom. The van der Waals surface area contributed by atoms with Crippen molar-refractivity contribution in [1.29, 1.82) is 0 Å². The first-order valence-corrected chi connectivity index (χ1v) is 8.26. The maximum atomic E-state index is 12.5. The number of carbonyl (C=O) groups is 1. The first-order chi connectivity index (χ1) is 12.8. The third-order valence-electron chi connectivity index (χ3n) is 4.54. The summed E-state index contributed by atoms with van der Waals surface area (Å²) in [5.74, 6) is 1.55. The van der Waals surface area contributed by atoms with Crippen LogP contribution in [0.5, 0.6) is 0 Å². The van der Waals surface area contributed by atoms with Crippen LogP contribution in [0, 0.1) is 0 Å². The Balaban J connectivity index is 1.23. The number of amides is 1. The average molecular weight is 350 g/mol. The summed E-state index contributed by atoms with van der Waals surface area (Å²) in [7, 11) is 0. The summed E-state index contributed by atoms with van der Waals surface area (Å²) in [5.41, 5.74) is 1.35. The quantitative estimate of drug-likeness (QED) is 0.558. The van der Waals surface area contributed by atoms with Crippen LogP contribution < -0.4 is 0 Å². The van der Waals surface area contributed by atoms with Crippen LogP contribution in [-0.4, -0.2) is 39.2 Å². The molecule has 26 heavy (non-hydrogen) atoms. The van der Waals surface area contributed by atoms with Gasteiger partial charge in [-0.1, -0.05) is 22.4 Å². The summed E-state index contributed by atoms with van der Waals surface area (Å²) < 4.78 is 15.8. The van der Waals surface area contributed by atoms with E-state index < -0.39 is 0 Å². The predicted molar refractivity (Wildman–Crippen MR) is 89.0 cm³/mol. The van der Waals surface area contributed by atoms with Gasteiger partial charge in [0.05, 0.1) is 18.6 Å². The molecule has 1 aromatic carbocycles. The van der Waals surface area contributed by atoms with E-state index in [0.29, 0.717) is 41.8 Å². The molecule has 1 saturated heterocycles. The van der Waals surface area contributed by atoms with Gasteiger partial charge in [-0.05, 0) is 24.3 Å². The highest BCUT2D eigenvalue weighted by Gasteiger charge is 2.36. The highest BCUT2D eigenvalue weighted by Crippen LogP contribution is 2.28. The number of furan rings is 1. The fraction of sp³-hybridized carbons (Fsp3) is 0.222. The lowest BCUT2D eigenvalue weighted by molar-refractivity contribution is -0.135. The second kappa shape index (κ2) is 5.83. The molecule has 4 heterocycles. The molecule has 1 fully saturated rings. The van der Waals surface area contributed by atoms with Gasteiger partial charge in [-0.2, -0.15) is 4.98 Å². The van der Waals surface area contributed by atoms with Crippen molar-refractivity contribution in [3.05, 3.63) is 54.2 Å². The van der Waals surface area contributed by atoms with Crippen LogP contribution in [-0.2, 0) is 11.2 Å². The smallest absolute Gasteiger partial charge is 0.238 e. The first kappa shape index (κ1) is 14.9. The molecule has 5 rings (SSSR count). The second-order valence-electron chi connectivity index (χ2n) is 6.23. The van der Waals surface area contributed by atoms with Crippen molar-refractivity contribution >= 4 is 16.9 Å². The Bertz CT molecular complexity index is 1060. The molecule has 0 atom stereocenters. The van der Waals surface area contributed by atoms with Crippen LogP contribution in [0.1, 0.15) is 17.5 Å². The molecule has 0 spiro atoms. The van der Waals surface area contributed by atoms with Crippen molar-refractivity contribution in [2.45, 2.75) is 12.3 Å². The van der Waals surface area contributed by atoms with E-state index in [1.165, 1.54) is 0 Å². The highest BCUT2D eigenvalue weighted by molar-refractivity contribution is 5.86. The molecular formula is C18H14N4O4. The molecular weight excluding hydrogens is 336 g/mol. The zero-order chi connectivity index (χ0) is 17.5. The Hall–Kier alpha value is -3.42. The Kier molecular flexibility index (Phi) is 3.34. The van der Waals surface area contributed by atoms with Crippen LogP contribution in [0.3, 0.4) is 0 Å². The Morgan fingerprint density at radius 1 is 1.12 bits per heavy atom. The van der Waals surface area contributed by atoms with Crippen LogP contribution in [0.4, 0.5) is 0 Å². The van der Waals surface area contributed by atoms with Crippen molar-refractivity contribution in [2.24, 2.45) is 0 Å². The number of nitrogens with zero attached hydrogens (tertiary/aromatic N) is 4. The largest absolute Gasteiger partial charge is 0.461 e. The lowest BCUT2D eigenvalue weighted by atomic mass is 9.99. The molecule has 0 unspecified atom stereocenters. The number of aromatic nitrogens is 3. The van der Waals surface area contributed by atoms with Gasteiger partial charge in [-0.3, -0.25) is 4.79 Å². The van der Waals surface area contributed by atoms with Crippen LogP contribution in [0.25, 0.3) is 22.6 Å². The summed E-state index contributed by atoms with van der Waals surface area (Å²) in [6.45, 7) is 1.10. The molecule has 1 amide bonds. The van der Waals surface area contributed by atoms with E-state index in [1.54, 1.807) is 23.3 Å². The maximum absolute atomic E-state index is 12.5. The third kappa shape index (κ3) is 2.46. The van der Waals surface area contributed by atoms with E-state index in [2.05, 4.69) is 15.3 Å². The van der Waals surface area contributed by atoms with E-state index in [1.807, 2.05) is 24.3 Å². The summed E-state index contributed by atoms with van der Waals surface area (Å²) in [4.78, 5) is 18.6. The van der Waals surface area contributed by atoms with Gasteiger partial charge in [-0.15, -0.1) is 0 Å². The molecule has 0 aliphatic carbocycles. The minimum Gasteiger partial charge on any atom is -0.461 e. The van der Waals surface area contributed by atoms with Crippen molar-refractivity contribution in [3.8, 4) is 11.6 Å². The predicted octanol–water partition coefficient (Wildman–Crippen LogP) is 2.64. The summed E-state index contributed by atoms with van der Waals surface area (Å²) in [5, 5.41) is 8.81. The number of likely N-dealkylation sites (tertiary alicyclic amines) is 1. The monoisotopic (exact) mass is 350 g/mol. The number of rotatable bonds is 4. The van der Waals surface area contributed by atoms with Gasteiger partial charge < -0.3 is 18.4 Å². The first-order valence-electron chi connectivity index (χ1n) is 8.26. The maximum Gasteiger partial charge on any atom is 0.238 e. The minimum atomic E-state index is 0.00563. The number of benzene rings is 1. The number of carbonyl (C=O) groups excluding carboxylic acids is 1. The molecule has 0 radical (unpaired) electrons. The third-order valence-corrected chi connectivity index (χ3v) is 4.54. The summed E-state index contributed by atoms with van der Waals surface area (Å²) >= 11 is 0. The van der Waals surface area contributed by atoms with Crippen molar-refractivity contribution in [1.82, 2.24) is 20.2 Å². The molecule has 0 saturated carbocycles. The van der Waals surface area contributed by atoms with E-state index in [-0.39, 0.29) is 18.2 Å². The van der Waals surface area contributed by atoms with Crippen LogP contribution in [0.15, 0.2) is 56.1 Å². The summed E-state index contributed by atoms with van der Waals surface area (Å²) in [6, 6.07) is 11.1. The van der Waals surface area contributed by atoms with Gasteiger partial charge in [-0.25, -0.2) is 0 Å². The number of hydrogen-bond acceptors (Lipinski definition) is 7. The van der Waals surface area contributed by atoms with Crippen molar-refractivity contribution in [2.75, 3.05) is 13.1 Å². The molecule has 3 aromatic heterocycles. The van der Waals surface area contributed by atoms with Gasteiger partial charge >= 0.3 is 0 Å². The Labute approximate surface area is 147 Å². The molecule has 8 nitrogen and oxygen atoms in total. The average Bonchev–Trinajstić information content (AvgIpc) is 3.34. The molecule has 4 aromatic rings.